The van der Waals surface area contributed by atoms with Crippen molar-refractivity contribution < 1.29 is 42.4 Å². The highest BCUT2D eigenvalue weighted by Crippen LogP contribution is 2.01. The van der Waals surface area contributed by atoms with Gasteiger partial charge in [0.25, 0.3) is 0 Å². The predicted octanol–water partition coefficient (Wildman–Crippen LogP) is 2.28. The molecule has 0 fully saturated rings. The van der Waals surface area contributed by atoms with Crippen LogP contribution in [0.1, 0.15) is 19.8 Å². The van der Waals surface area contributed by atoms with Crippen LogP contribution >= 0.6 is 0 Å². The van der Waals surface area contributed by atoms with Crippen molar-refractivity contribution in [2.75, 3.05) is 92.5 Å². The highest BCUT2D eigenvalue weighted by molar-refractivity contribution is 6.69. The van der Waals surface area contributed by atoms with Crippen molar-refractivity contribution in [3.05, 3.63) is 0 Å². The Morgan fingerprint density at radius 3 is 1.19 bits per heavy atom. The van der Waals surface area contributed by atoms with Gasteiger partial charge in [-0.25, -0.2) is 0 Å². The zero-order valence-corrected chi connectivity index (χ0v) is 21.0. The quantitative estimate of drug-likeness (QED) is 0.120. The third-order valence-electron chi connectivity index (χ3n) is 3.57. The fourth-order valence-corrected chi connectivity index (χ4v) is 2.79. The highest BCUT2D eigenvalue weighted by atomic mass is 28.4. The lowest BCUT2D eigenvalue weighted by atomic mass is 10.3. The van der Waals surface area contributed by atoms with Crippen LogP contribution in [0.2, 0.25) is 19.6 Å². The number of esters is 1. The second-order valence-corrected chi connectivity index (χ2v) is 12.1. The molecule has 0 aliphatic rings. The lowest BCUT2D eigenvalue weighted by Gasteiger charge is -2.16. The molecule has 0 amide bonds. The molecule has 0 aliphatic carbocycles. The summed E-state index contributed by atoms with van der Waals surface area (Å²) < 4.78 is 43.1. The highest BCUT2D eigenvalue weighted by Gasteiger charge is 2.13. The monoisotopic (exact) mass is 468 g/mol. The van der Waals surface area contributed by atoms with Gasteiger partial charge in [-0.3, -0.25) is 4.79 Å². The summed E-state index contributed by atoms with van der Waals surface area (Å²) in [6, 6.07) is 0. The molecule has 0 aromatic rings. The van der Waals surface area contributed by atoms with Crippen LogP contribution in [0, 0.1) is 0 Å². The Morgan fingerprint density at radius 2 is 0.871 bits per heavy atom. The van der Waals surface area contributed by atoms with E-state index < -0.39 is 8.32 Å². The van der Waals surface area contributed by atoms with Crippen molar-refractivity contribution in [2.45, 2.75) is 39.4 Å². The minimum atomic E-state index is -1.44. The Balaban J connectivity index is 3.07. The van der Waals surface area contributed by atoms with Crippen molar-refractivity contribution >= 4 is 14.3 Å². The van der Waals surface area contributed by atoms with Crippen LogP contribution in [0.15, 0.2) is 0 Å². The number of carbonyl (C=O) groups is 1. The van der Waals surface area contributed by atoms with E-state index in [1.165, 1.54) is 0 Å². The maximum Gasteiger partial charge on any atom is 0.305 e. The molecular weight excluding hydrogens is 424 g/mol. The van der Waals surface area contributed by atoms with Crippen LogP contribution in [0.4, 0.5) is 0 Å². The summed E-state index contributed by atoms with van der Waals surface area (Å²) >= 11 is 0. The van der Waals surface area contributed by atoms with Crippen LogP contribution in [-0.2, 0) is 42.4 Å². The second-order valence-electron chi connectivity index (χ2n) is 7.61. The first kappa shape index (κ1) is 30.4. The van der Waals surface area contributed by atoms with E-state index in [1.54, 1.807) is 0 Å². The summed E-state index contributed by atoms with van der Waals surface area (Å²) in [5, 5.41) is 0. The van der Waals surface area contributed by atoms with Crippen molar-refractivity contribution in [1.82, 2.24) is 0 Å². The first-order valence-electron chi connectivity index (χ1n) is 11.2. The molecule has 0 atom stereocenters. The lowest BCUT2D eigenvalue weighted by Crippen LogP contribution is -2.27. The van der Waals surface area contributed by atoms with Gasteiger partial charge in [-0.15, -0.1) is 0 Å². The summed E-state index contributed by atoms with van der Waals surface area (Å²) in [6.45, 7) is 15.5. The fourth-order valence-electron chi connectivity index (χ4n) is 2.10. The van der Waals surface area contributed by atoms with Crippen molar-refractivity contribution in [1.29, 1.82) is 0 Å². The molecule has 10 heteroatoms. The van der Waals surface area contributed by atoms with E-state index in [4.69, 9.17) is 37.6 Å². The zero-order valence-electron chi connectivity index (χ0n) is 20.0. The van der Waals surface area contributed by atoms with Crippen LogP contribution in [0.25, 0.3) is 0 Å². The molecule has 0 saturated heterocycles. The summed E-state index contributed by atoms with van der Waals surface area (Å²) in [6.07, 6.45) is 1.24. The predicted molar refractivity (Wildman–Crippen MR) is 120 cm³/mol. The fraction of sp³-hybridized carbons (Fsp3) is 0.952. The van der Waals surface area contributed by atoms with Gasteiger partial charge in [-0.2, -0.15) is 0 Å². The molecule has 0 aromatic heterocycles. The lowest BCUT2D eigenvalue weighted by molar-refractivity contribution is -0.145. The molecule has 0 rings (SSSR count). The van der Waals surface area contributed by atoms with E-state index in [-0.39, 0.29) is 12.6 Å². The summed E-state index contributed by atoms with van der Waals surface area (Å²) in [5.41, 5.74) is 0. The molecule has 0 spiro atoms. The molecule has 9 nitrogen and oxygen atoms in total. The molecule has 0 radical (unpaired) electrons. The van der Waals surface area contributed by atoms with Crippen LogP contribution < -0.4 is 0 Å². The Morgan fingerprint density at radius 1 is 0.548 bits per heavy atom. The van der Waals surface area contributed by atoms with Gasteiger partial charge in [0, 0.05) is 6.42 Å². The third kappa shape index (κ3) is 27.4. The van der Waals surface area contributed by atoms with E-state index in [9.17, 15) is 4.79 Å². The number of hydrogen-bond acceptors (Lipinski definition) is 9. The summed E-state index contributed by atoms with van der Waals surface area (Å²) in [5.74, 6) is -0.181. The standard InChI is InChI=1S/C21H44O9Si/c1-5-6-21(22)29-19-17-27-15-13-25-11-9-23-7-8-24-10-12-26-14-16-28-18-20-30-31(2,3)4/h5-20H2,1-4H3. The van der Waals surface area contributed by atoms with Gasteiger partial charge in [0.15, 0.2) is 8.32 Å². The van der Waals surface area contributed by atoms with E-state index in [1.807, 2.05) is 6.92 Å². The van der Waals surface area contributed by atoms with E-state index >= 15 is 0 Å². The molecule has 0 heterocycles. The van der Waals surface area contributed by atoms with Crippen molar-refractivity contribution in [3.63, 3.8) is 0 Å². The van der Waals surface area contributed by atoms with E-state index in [0.717, 1.165) is 6.42 Å². The molecular formula is C21H44O9Si. The number of ether oxygens (including phenoxy) is 7. The van der Waals surface area contributed by atoms with Gasteiger partial charge in [0.2, 0.25) is 0 Å². The third-order valence-corrected chi connectivity index (χ3v) is 4.64. The maximum absolute atomic E-state index is 11.1. The SMILES string of the molecule is CCCC(=O)OCCOCCOCCOCCOCCOCCOCCO[Si](C)(C)C. The molecule has 0 aromatic carbocycles. The number of carbonyl (C=O) groups excluding carboxylic acids is 1. The van der Waals surface area contributed by atoms with Crippen LogP contribution in [0.3, 0.4) is 0 Å². The number of hydrogen-bond donors (Lipinski definition) is 0. The van der Waals surface area contributed by atoms with Gasteiger partial charge < -0.3 is 37.6 Å². The molecule has 31 heavy (non-hydrogen) atoms. The van der Waals surface area contributed by atoms with E-state index in [0.29, 0.717) is 92.3 Å². The van der Waals surface area contributed by atoms with E-state index in [2.05, 4.69) is 19.6 Å². The van der Waals surface area contributed by atoms with Crippen molar-refractivity contribution in [3.8, 4) is 0 Å². The first-order valence-corrected chi connectivity index (χ1v) is 14.6. The van der Waals surface area contributed by atoms with Crippen LogP contribution in [0.5, 0.6) is 0 Å². The molecule has 0 bridgehead atoms. The zero-order chi connectivity index (χ0) is 23.0. The molecule has 0 saturated carbocycles. The van der Waals surface area contributed by atoms with Crippen LogP contribution in [-0.4, -0.2) is 107 Å². The average Bonchev–Trinajstić information content (AvgIpc) is 2.71. The van der Waals surface area contributed by atoms with Gasteiger partial charge in [-0.1, -0.05) is 6.92 Å². The normalized spacial score (nSPS) is 11.7. The second kappa shape index (κ2) is 22.6. The molecule has 0 unspecified atom stereocenters. The maximum atomic E-state index is 11.1. The Bertz CT molecular complexity index is 392. The first-order chi connectivity index (χ1) is 15.0. The molecule has 186 valence electrons. The minimum Gasteiger partial charge on any atom is -0.463 e. The largest absolute Gasteiger partial charge is 0.463 e. The Hall–Kier alpha value is -0.593. The summed E-state index contributed by atoms with van der Waals surface area (Å²) in [7, 11) is -1.44. The van der Waals surface area contributed by atoms with Gasteiger partial charge in [0.05, 0.1) is 85.9 Å². The molecule has 0 N–H and O–H groups in total. The van der Waals surface area contributed by atoms with Gasteiger partial charge in [0.1, 0.15) is 6.61 Å². The topological polar surface area (TPSA) is 90.9 Å². The Kier molecular flexibility index (Phi) is 22.2. The van der Waals surface area contributed by atoms with Gasteiger partial charge >= 0.3 is 5.97 Å². The average molecular weight is 469 g/mol. The summed E-state index contributed by atoms with van der Waals surface area (Å²) in [4.78, 5) is 11.1. The Labute approximate surface area is 189 Å². The number of rotatable bonds is 24. The van der Waals surface area contributed by atoms with Gasteiger partial charge in [-0.05, 0) is 26.1 Å². The smallest absolute Gasteiger partial charge is 0.305 e. The molecule has 0 aliphatic heterocycles. The minimum absolute atomic E-state index is 0.181. The van der Waals surface area contributed by atoms with Crippen molar-refractivity contribution in [2.24, 2.45) is 0 Å².